The first-order valence-electron chi connectivity index (χ1n) is 5.53. The third-order valence-electron chi connectivity index (χ3n) is 3.10. The third-order valence-corrected chi connectivity index (χ3v) is 4.51. The van der Waals surface area contributed by atoms with Gasteiger partial charge in [0.1, 0.15) is 17.3 Å². The number of aromatic nitrogens is 2. The van der Waals surface area contributed by atoms with Crippen molar-refractivity contribution in [2.45, 2.75) is 19.9 Å². The molecule has 0 saturated carbocycles. The molecule has 2 aromatic heterocycles. The molecular weight excluding hydrogens is 254 g/mol. The topological polar surface area (TPSA) is 29.0 Å². The summed E-state index contributed by atoms with van der Waals surface area (Å²) < 4.78 is 0. The predicted octanol–water partition coefficient (Wildman–Crippen LogP) is 3.06. The van der Waals surface area contributed by atoms with Crippen LogP contribution in [-0.2, 0) is 13.0 Å². The van der Waals surface area contributed by atoms with Crippen molar-refractivity contribution in [3.05, 3.63) is 38.9 Å². The number of hydrogen-bond acceptors (Lipinski definition) is 4. The summed E-state index contributed by atoms with van der Waals surface area (Å²) in [5.41, 5.74) is 2.38. The van der Waals surface area contributed by atoms with E-state index in [4.69, 9.17) is 11.6 Å². The smallest absolute Gasteiger partial charge is 0.137 e. The molecule has 2 aromatic rings. The van der Waals surface area contributed by atoms with Gasteiger partial charge in [-0.05, 0) is 30.4 Å². The number of nitrogens with zero attached hydrogens (tertiary/aromatic N) is 3. The van der Waals surface area contributed by atoms with Crippen LogP contribution in [0.2, 0.25) is 5.15 Å². The molecule has 88 valence electrons. The van der Waals surface area contributed by atoms with Crippen LogP contribution >= 0.6 is 22.9 Å². The standard InChI is InChI=1S/C12H12ClN3S/c1-8-11(13)14-7-15-12(8)16-4-2-10-9(6-16)3-5-17-10/h3,5,7H,2,4,6H2,1H3. The monoisotopic (exact) mass is 265 g/mol. The van der Waals surface area contributed by atoms with Crippen LogP contribution in [0.15, 0.2) is 17.8 Å². The fourth-order valence-corrected chi connectivity index (χ4v) is 3.19. The molecule has 1 aliphatic rings. The maximum Gasteiger partial charge on any atom is 0.137 e. The second-order valence-electron chi connectivity index (χ2n) is 4.15. The van der Waals surface area contributed by atoms with Gasteiger partial charge in [0.05, 0.1) is 0 Å². The highest BCUT2D eigenvalue weighted by atomic mass is 35.5. The van der Waals surface area contributed by atoms with E-state index < -0.39 is 0 Å². The molecule has 0 bridgehead atoms. The van der Waals surface area contributed by atoms with Gasteiger partial charge in [-0.2, -0.15) is 0 Å². The number of thiophene rings is 1. The largest absolute Gasteiger partial charge is 0.352 e. The van der Waals surface area contributed by atoms with E-state index in [1.54, 1.807) is 0 Å². The van der Waals surface area contributed by atoms with Gasteiger partial charge in [0.25, 0.3) is 0 Å². The fourth-order valence-electron chi connectivity index (χ4n) is 2.17. The van der Waals surface area contributed by atoms with Crippen LogP contribution in [0.5, 0.6) is 0 Å². The molecule has 3 rings (SSSR count). The lowest BCUT2D eigenvalue weighted by atomic mass is 10.1. The minimum absolute atomic E-state index is 0.547. The van der Waals surface area contributed by atoms with Crippen molar-refractivity contribution in [2.75, 3.05) is 11.4 Å². The molecule has 17 heavy (non-hydrogen) atoms. The Balaban J connectivity index is 1.94. The van der Waals surface area contributed by atoms with Crippen molar-refractivity contribution >= 4 is 28.8 Å². The lowest BCUT2D eigenvalue weighted by Crippen LogP contribution is -2.30. The Labute approximate surface area is 109 Å². The summed E-state index contributed by atoms with van der Waals surface area (Å²) in [6, 6.07) is 2.20. The normalized spacial score (nSPS) is 14.8. The number of hydrogen-bond donors (Lipinski definition) is 0. The molecule has 0 aromatic carbocycles. The van der Waals surface area contributed by atoms with Crippen LogP contribution in [-0.4, -0.2) is 16.5 Å². The Morgan fingerprint density at radius 3 is 3.18 bits per heavy atom. The zero-order chi connectivity index (χ0) is 11.8. The lowest BCUT2D eigenvalue weighted by molar-refractivity contribution is 0.727. The fraction of sp³-hybridized carbons (Fsp3) is 0.333. The average Bonchev–Trinajstić information content (AvgIpc) is 2.79. The van der Waals surface area contributed by atoms with E-state index in [1.807, 2.05) is 18.3 Å². The van der Waals surface area contributed by atoms with Crippen molar-refractivity contribution in [2.24, 2.45) is 0 Å². The van der Waals surface area contributed by atoms with Crippen LogP contribution < -0.4 is 4.90 Å². The number of anilines is 1. The van der Waals surface area contributed by atoms with Gasteiger partial charge >= 0.3 is 0 Å². The van der Waals surface area contributed by atoms with Gasteiger partial charge in [-0.3, -0.25) is 0 Å². The van der Waals surface area contributed by atoms with Gasteiger partial charge < -0.3 is 4.90 Å². The first-order chi connectivity index (χ1) is 8.25. The molecule has 3 nitrogen and oxygen atoms in total. The van der Waals surface area contributed by atoms with Crippen molar-refractivity contribution < 1.29 is 0 Å². The molecule has 0 atom stereocenters. The highest BCUT2D eigenvalue weighted by Crippen LogP contribution is 2.29. The van der Waals surface area contributed by atoms with E-state index in [0.29, 0.717) is 5.15 Å². The Morgan fingerprint density at radius 2 is 2.29 bits per heavy atom. The first kappa shape index (κ1) is 11.0. The van der Waals surface area contributed by atoms with Crippen molar-refractivity contribution in [1.29, 1.82) is 0 Å². The van der Waals surface area contributed by atoms with Gasteiger partial charge in [0.2, 0.25) is 0 Å². The Bertz CT molecular complexity index is 552. The van der Waals surface area contributed by atoms with E-state index in [-0.39, 0.29) is 0 Å². The van der Waals surface area contributed by atoms with Gasteiger partial charge in [-0.25, -0.2) is 9.97 Å². The number of halogens is 1. The molecule has 0 N–H and O–H groups in total. The summed E-state index contributed by atoms with van der Waals surface area (Å²) >= 11 is 7.88. The molecular formula is C12H12ClN3S. The molecule has 3 heterocycles. The lowest BCUT2D eigenvalue weighted by Gasteiger charge is -2.29. The first-order valence-corrected chi connectivity index (χ1v) is 6.79. The zero-order valence-corrected chi connectivity index (χ0v) is 11.1. The van der Waals surface area contributed by atoms with Gasteiger partial charge in [0, 0.05) is 23.5 Å². The van der Waals surface area contributed by atoms with Crippen LogP contribution in [0.25, 0.3) is 0 Å². The highest BCUT2D eigenvalue weighted by Gasteiger charge is 2.20. The van der Waals surface area contributed by atoms with E-state index in [0.717, 1.165) is 30.9 Å². The van der Waals surface area contributed by atoms with E-state index >= 15 is 0 Å². The van der Waals surface area contributed by atoms with E-state index in [1.165, 1.54) is 16.8 Å². The maximum absolute atomic E-state index is 6.04. The highest BCUT2D eigenvalue weighted by molar-refractivity contribution is 7.10. The van der Waals surface area contributed by atoms with Crippen LogP contribution in [0.1, 0.15) is 16.0 Å². The molecule has 1 aliphatic heterocycles. The third kappa shape index (κ3) is 1.91. The Kier molecular flexibility index (Phi) is 2.76. The summed E-state index contributed by atoms with van der Waals surface area (Å²) in [5.74, 6) is 0.960. The van der Waals surface area contributed by atoms with E-state index in [2.05, 4.69) is 26.3 Å². The molecule has 0 radical (unpaired) electrons. The molecule has 0 unspecified atom stereocenters. The molecule has 0 fully saturated rings. The maximum atomic E-state index is 6.04. The minimum Gasteiger partial charge on any atom is -0.352 e. The quantitative estimate of drug-likeness (QED) is 0.742. The molecule has 0 aliphatic carbocycles. The number of rotatable bonds is 1. The van der Waals surface area contributed by atoms with Crippen LogP contribution in [0.3, 0.4) is 0 Å². The molecule has 5 heteroatoms. The van der Waals surface area contributed by atoms with Crippen molar-refractivity contribution in [1.82, 2.24) is 9.97 Å². The zero-order valence-electron chi connectivity index (χ0n) is 9.48. The Morgan fingerprint density at radius 1 is 1.41 bits per heavy atom. The van der Waals surface area contributed by atoms with E-state index in [9.17, 15) is 0 Å². The predicted molar refractivity (Wildman–Crippen MR) is 70.9 cm³/mol. The number of fused-ring (bicyclic) bond motifs is 1. The van der Waals surface area contributed by atoms with Gasteiger partial charge in [-0.1, -0.05) is 11.6 Å². The Hall–Kier alpha value is -1.13. The molecule has 0 spiro atoms. The summed E-state index contributed by atoms with van der Waals surface area (Å²) in [6.07, 6.45) is 2.63. The summed E-state index contributed by atoms with van der Waals surface area (Å²) in [7, 11) is 0. The van der Waals surface area contributed by atoms with Crippen molar-refractivity contribution in [3.8, 4) is 0 Å². The van der Waals surface area contributed by atoms with Gasteiger partial charge in [-0.15, -0.1) is 11.3 Å². The molecule has 0 amide bonds. The average molecular weight is 266 g/mol. The second kappa shape index (κ2) is 4.27. The SMILES string of the molecule is Cc1c(Cl)ncnc1N1CCc2sccc2C1. The van der Waals surface area contributed by atoms with Crippen LogP contribution in [0, 0.1) is 6.92 Å². The van der Waals surface area contributed by atoms with Gasteiger partial charge in [0.15, 0.2) is 0 Å². The van der Waals surface area contributed by atoms with Crippen LogP contribution in [0.4, 0.5) is 5.82 Å². The minimum atomic E-state index is 0.547. The summed E-state index contributed by atoms with van der Waals surface area (Å²) in [4.78, 5) is 12.1. The molecule has 0 saturated heterocycles. The van der Waals surface area contributed by atoms with Crippen molar-refractivity contribution in [3.63, 3.8) is 0 Å². The second-order valence-corrected chi connectivity index (χ2v) is 5.51. The summed E-state index contributed by atoms with van der Waals surface area (Å²) in [5, 5.41) is 2.71. The summed E-state index contributed by atoms with van der Waals surface area (Å²) in [6.45, 7) is 3.90.